The van der Waals surface area contributed by atoms with E-state index in [2.05, 4.69) is 12.6 Å². The SMILES string of the molecule is CC(C)C(C)(CS)C(N)=O. The van der Waals surface area contributed by atoms with E-state index in [1.165, 1.54) is 0 Å². The van der Waals surface area contributed by atoms with Gasteiger partial charge in [-0.25, -0.2) is 0 Å². The molecular formula is C7H15NOS. The summed E-state index contributed by atoms with van der Waals surface area (Å²) < 4.78 is 0. The molecule has 1 unspecified atom stereocenters. The molecule has 60 valence electrons. The maximum absolute atomic E-state index is 10.9. The molecule has 0 aliphatic rings. The van der Waals surface area contributed by atoms with Crippen LogP contribution in [0.1, 0.15) is 20.8 Å². The Labute approximate surface area is 67.6 Å². The van der Waals surface area contributed by atoms with E-state index in [9.17, 15) is 4.79 Å². The van der Waals surface area contributed by atoms with Crippen molar-refractivity contribution in [3.05, 3.63) is 0 Å². The molecule has 0 rings (SSSR count). The summed E-state index contributed by atoms with van der Waals surface area (Å²) in [4.78, 5) is 10.9. The van der Waals surface area contributed by atoms with E-state index in [1.54, 1.807) is 0 Å². The van der Waals surface area contributed by atoms with Gasteiger partial charge in [-0.1, -0.05) is 13.8 Å². The minimum Gasteiger partial charge on any atom is -0.369 e. The third kappa shape index (κ3) is 1.66. The molecule has 1 amide bonds. The fourth-order valence-corrected chi connectivity index (χ4v) is 1.07. The van der Waals surface area contributed by atoms with Gasteiger partial charge in [0.1, 0.15) is 0 Å². The van der Waals surface area contributed by atoms with E-state index in [1.807, 2.05) is 20.8 Å². The van der Waals surface area contributed by atoms with Crippen molar-refractivity contribution in [1.29, 1.82) is 0 Å². The summed E-state index contributed by atoms with van der Waals surface area (Å²) in [6.45, 7) is 5.79. The van der Waals surface area contributed by atoms with Crippen LogP contribution in [0.15, 0.2) is 0 Å². The molecule has 2 N–H and O–H groups in total. The van der Waals surface area contributed by atoms with Crippen molar-refractivity contribution < 1.29 is 4.79 Å². The predicted octanol–water partition coefficient (Wildman–Crippen LogP) is 1.06. The minimum absolute atomic E-state index is 0.252. The van der Waals surface area contributed by atoms with Gasteiger partial charge in [0, 0.05) is 5.75 Å². The van der Waals surface area contributed by atoms with Gasteiger partial charge < -0.3 is 5.73 Å². The predicted molar refractivity (Wildman–Crippen MR) is 46.0 cm³/mol. The number of hydrogen-bond donors (Lipinski definition) is 2. The van der Waals surface area contributed by atoms with Crippen LogP contribution in [0.4, 0.5) is 0 Å². The van der Waals surface area contributed by atoms with Crippen molar-refractivity contribution in [3.8, 4) is 0 Å². The van der Waals surface area contributed by atoms with Crippen LogP contribution in [0.2, 0.25) is 0 Å². The highest BCUT2D eigenvalue weighted by Gasteiger charge is 2.32. The van der Waals surface area contributed by atoms with Crippen LogP contribution < -0.4 is 5.73 Å². The average Bonchev–Trinajstić information content (AvgIpc) is 1.85. The Morgan fingerprint density at radius 3 is 2.10 bits per heavy atom. The van der Waals surface area contributed by atoms with E-state index in [-0.39, 0.29) is 11.8 Å². The lowest BCUT2D eigenvalue weighted by Crippen LogP contribution is -2.40. The molecule has 0 aromatic rings. The number of carbonyl (C=O) groups is 1. The first-order valence-electron chi connectivity index (χ1n) is 3.36. The maximum Gasteiger partial charge on any atom is 0.224 e. The van der Waals surface area contributed by atoms with E-state index in [4.69, 9.17) is 5.73 Å². The molecule has 0 aromatic heterocycles. The molecule has 0 spiro atoms. The Morgan fingerprint density at radius 2 is 2.10 bits per heavy atom. The first-order valence-corrected chi connectivity index (χ1v) is 3.99. The smallest absolute Gasteiger partial charge is 0.224 e. The zero-order valence-corrected chi connectivity index (χ0v) is 7.61. The molecule has 1 atom stereocenters. The summed E-state index contributed by atoms with van der Waals surface area (Å²) in [5.41, 5.74) is 4.74. The lowest BCUT2D eigenvalue weighted by atomic mass is 9.80. The second-order valence-corrected chi connectivity index (χ2v) is 3.41. The standard InChI is InChI=1S/C7H15NOS/c1-5(2)7(3,4-10)6(8)9/h5,10H,4H2,1-3H3,(H2,8,9). The zero-order chi connectivity index (χ0) is 8.36. The van der Waals surface area contributed by atoms with E-state index in [0.29, 0.717) is 5.75 Å². The fourth-order valence-electron chi connectivity index (χ4n) is 0.545. The van der Waals surface area contributed by atoms with Crippen LogP contribution in [0, 0.1) is 11.3 Å². The third-order valence-corrected chi connectivity index (χ3v) is 2.82. The monoisotopic (exact) mass is 161 g/mol. The van der Waals surface area contributed by atoms with Gasteiger partial charge in [0.05, 0.1) is 5.41 Å². The second kappa shape index (κ2) is 3.28. The first-order chi connectivity index (χ1) is 4.45. The molecule has 3 heteroatoms. The van der Waals surface area contributed by atoms with Crippen LogP contribution in [0.3, 0.4) is 0 Å². The van der Waals surface area contributed by atoms with Gasteiger partial charge in [-0.2, -0.15) is 12.6 Å². The Kier molecular flexibility index (Phi) is 3.22. The van der Waals surface area contributed by atoms with Crippen molar-refractivity contribution in [2.75, 3.05) is 5.75 Å². The summed E-state index contributed by atoms with van der Waals surface area (Å²) in [5.74, 6) is 0.500. The van der Waals surface area contributed by atoms with Gasteiger partial charge in [0.25, 0.3) is 0 Å². The highest BCUT2D eigenvalue weighted by atomic mass is 32.1. The quantitative estimate of drug-likeness (QED) is 0.597. The molecule has 0 aromatic carbocycles. The van der Waals surface area contributed by atoms with Crippen LogP contribution >= 0.6 is 12.6 Å². The highest BCUT2D eigenvalue weighted by molar-refractivity contribution is 7.80. The van der Waals surface area contributed by atoms with Crippen LogP contribution in [-0.4, -0.2) is 11.7 Å². The first kappa shape index (κ1) is 9.82. The van der Waals surface area contributed by atoms with Gasteiger partial charge >= 0.3 is 0 Å². The number of hydrogen-bond acceptors (Lipinski definition) is 2. The van der Waals surface area contributed by atoms with E-state index >= 15 is 0 Å². The molecule has 2 nitrogen and oxygen atoms in total. The van der Waals surface area contributed by atoms with Crippen molar-refractivity contribution in [1.82, 2.24) is 0 Å². The lowest BCUT2D eigenvalue weighted by Gasteiger charge is -2.27. The Balaban J connectivity index is 4.38. The number of thiol groups is 1. The van der Waals surface area contributed by atoms with Crippen molar-refractivity contribution in [3.63, 3.8) is 0 Å². The zero-order valence-electron chi connectivity index (χ0n) is 6.72. The second-order valence-electron chi connectivity index (χ2n) is 3.09. The summed E-state index contributed by atoms with van der Waals surface area (Å²) in [7, 11) is 0. The largest absolute Gasteiger partial charge is 0.369 e. The lowest BCUT2D eigenvalue weighted by molar-refractivity contribution is -0.127. The number of primary amides is 1. The maximum atomic E-state index is 10.9. The topological polar surface area (TPSA) is 43.1 Å². The summed E-state index contributed by atoms with van der Waals surface area (Å²) >= 11 is 4.08. The van der Waals surface area contributed by atoms with Gasteiger partial charge in [-0.05, 0) is 12.8 Å². The molecule has 0 radical (unpaired) electrons. The molecule has 10 heavy (non-hydrogen) atoms. The Bertz CT molecular complexity index is 136. The summed E-state index contributed by atoms with van der Waals surface area (Å²) in [6, 6.07) is 0. The minimum atomic E-state index is -0.455. The Hall–Kier alpha value is -0.180. The molecule has 0 saturated heterocycles. The highest BCUT2D eigenvalue weighted by Crippen LogP contribution is 2.27. The van der Waals surface area contributed by atoms with Crippen molar-refractivity contribution in [2.24, 2.45) is 17.1 Å². The van der Waals surface area contributed by atoms with E-state index < -0.39 is 5.41 Å². The summed E-state index contributed by atoms with van der Waals surface area (Å²) in [5, 5.41) is 0. The normalized spacial score (nSPS) is 16.9. The van der Waals surface area contributed by atoms with Gasteiger partial charge in [-0.15, -0.1) is 0 Å². The van der Waals surface area contributed by atoms with Crippen LogP contribution in [0.25, 0.3) is 0 Å². The van der Waals surface area contributed by atoms with Crippen LogP contribution in [0.5, 0.6) is 0 Å². The molecule has 0 aliphatic carbocycles. The number of nitrogens with two attached hydrogens (primary N) is 1. The molecule has 0 aliphatic heterocycles. The van der Waals surface area contributed by atoms with Crippen LogP contribution in [-0.2, 0) is 4.79 Å². The summed E-state index contributed by atoms with van der Waals surface area (Å²) in [6.07, 6.45) is 0. The van der Waals surface area contributed by atoms with Crippen molar-refractivity contribution in [2.45, 2.75) is 20.8 Å². The third-order valence-electron chi connectivity index (χ3n) is 2.17. The molecule has 0 saturated carbocycles. The average molecular weight is 161 g/mol. The molecule has 0 bridgehead atoms. The van der Waals surface area contributed by atoms with Crippen molar-refractivity contribution >= 4 is 18.5 Å². The molecule has 0 heterocycles. The number of rotatable bonds is 3. The number of amides is 1. The van der Waals surface area contributed by atoms with Gasteiger partial charge in [-0.3, -0.25) is 4.79 Å². The van der Waals surface area contributed by atoms with Gasteiger partial charge in [0.2, 0.25) is 5.91 Å². The molecular weight excluding hydrogens is 146 g/mol. The Morgan fingerprint density at radius 1 is 1.70 bits per heavy atom. The molecule has 0 fully saturated rings. The fraction of sp³-hybridized carbons (Fsp3) is 0.857. The number of carbonyl (C=O) groups excluding carboxylic acids is 1. The van der Waals surface area contributed by atoms with E-state index in [0.717, 1.165) is 0 Å². The van der Waals surface area contributed by atoms with Gasteiger partial charge in [0.15, 0.2) is 0 Å².